The van der Waals surface area contributed by atoms with Gasteiger partial charge in [0.2, 0.25) is 5.91 Å². The second-order valence-corrected chi connectivity index (χ2v) is 7.36. The predicted octanol–water partition coefficient (Wildman–Crippen LogP) is 3.23. The largest absolute Gasteiger partial charge is 0.497 e. The molecule has 0 fully saturated rings. The number of ether oxygens (including phenoxy) is 2. The molecule has 0 saturated heterocycles. The Morgan fingerprint density at radius 1 is 1.24 bits per heavy atom. The Balaban J connectivity index is 2.25. The molecule has 0 aliphatic carbocycles. The molecule has 2 aromatic heterocycles. The molecule has 0 atom stereocenters. The van der Waals surface area contributed by atoms with Gasteiger partial charge in [-0.05, 0) is 31.2 Å². The van der Waals surface area contributed by atoms with E-state index in [1.54, 1.807) is 57.5 Å². The molecule has 0 unspecified atom stereocenters. The van der Waals surface area contributed by atoms with Gasteiger partial charge in [-0.2, -0.15) is 9.78 Å². The first-order chi connectivity index (χ1) is 13.9. The molecule has 0 aliphatic rings. The first kappa shape index (κ1) is 20.5. The molecule has 0 spiro atoms. The van der Waals surface area contributed by atoms with Gasteiger partial charge in [0.1, 0.15) is 10.8 Å². The molecule has 0 radical (unpaired) electrons. The number of carbonyl (C=O) groups excluding carboxylic acids is 2. The maximum absolute atomic E-state index is 13.2. The molecule has 3 rings (SSSR count). The minimum atomic E-state index is -0.640. The second kappa shape index (κ2) is 8.44. The maximum Gasteiger partial charge on any atom is 0.359 e. The fourth-order valence-corrected chi connectivity index (χ4v) is 3.59. The molecule has 2 heterocycles. The quantitative estimate of drug-likeness (QED) is 0.621. The number of nitrogens with zero attached hydrogens (tertiary/aromatic N) is 2. The number of methoxy groups -OCH3 is 1. The lowest BCUT2D eigenvalue weighted by Crippen LogP contribution is -2.26. The van der Waals surface area contributed by atoms with Gasteiger partial charge in [-0.15, -0.1) is 11.3 Å². The molecule has 1 amide bonds. The van der Waals surface area contributed by atoms with Crippen LogP contribution in [0.5, 0.6) is 5.75 Å². The van der Waals surface area contributed by atoms with E-state index >= 15 is 0 Å². The van der Waals surface area contributed by atoms with Crippen molar-refractivity contribution in [1.29, 1.82) is 0 Å². The zero-order valence-corrected chi connectivity index (χ0v) is 17.3. The highest BCUT2D eigenvalue weighted by Crippen LogP contribution is 2.31. The standard InChI is InChI=1S/C20H21N3O5S/c1-5-28-20(26)16-14-10-29-18(21-17(24)11(2)3)15(14)19(25)23(22-16)12-6-8-13(27-4)9-7-12/h6-11H,5H2,1-4H3,(H,21,24). The van der Waals surface area contributed by atoms with Crippen LogP contribution in [0, 0.1) is 5.92 Å². The summed E-state index contributed by atoms with van der Waals surface area (Å²) in [5.74, 6) is -0.505. The number of thiophene rings is 1. The highest BCUT2D eigenvalue weighted by atomic mass is 32.1. The number of carbonyl (C=O) groups is 2. The number of esters is 1. The van der Waals surface area contributed by atoms with Crippen LogP contribution < -0.4 is 15.6 Å². The molecular weight excluding hydrogens is 394 g/mol. The van der Waals surface area contributed by atoms with E-state index < -0.39 is 11.5 Å². The summed E-state index contributed by atoms with van der Waals surface area (Å²) < 4.78 is 11.4. The minimum absolute atomic E-state index is 0.0126. The van der Waals surface area contributed by atoms with Gasteiger partial charge in [0.05, 0.1) is 24.8 Å². The minimum Gasteiger partial charge on any atom is -0.497 e. The summed E-state index contributed by atoms with van der Waals surface area (Å²) in [5, 5.41) is 9.59. The number of benzene rings is 1. The SMILES string of the molecule is CCOC(=O)c1nn(-c2ccc(OC)cc2)c(=O)c2c(NC(=O)C(C)C)scc12. The third-order valence-electron chi connectivity index (χ3n) is 4.20. The molecule has 1 N–H and O–H groups in total. The van der Waals surface area contributed by atoms with E-state index in [0.29, 0.717) is 21.8 Å². The van der Waals surface area contributed by atoms with Crippen LogP contribution in [-0.2, 0) is 9.53 Å². The number of anilines is 1. The van der Waals surface area contributed by atoms with Gasteiger partial charge in [-0.25, -0.2) is 4.79 Å². The van der Waals surface area contributed by atoms with E-state index in [9.17, 15) is 14.4 Å². The van der Waals surface area contributed by atoms with Gasteiger partial charge in [0.25, 0.3) is 5.56 Å². The monoisotopic (exact) mass is 415 g/mol. The zero-order chi connectivity index (χ0) is 21.1. The Hall–Kier alpha value is -3.20. The van der Waals surface area contributed by atoms with Crippen molar-refractivity contribution in [3.05, 3.63) is 45.7 Å². The Bertz CT molecular complexity index is 1120. The fraction of sp³-hybridized carbons (Fsp3) is 0.300. The van der Waals surface area contributed by atoms with E-state index in [2.05, 4.69) is 10.4 Å². The molecule has 0 bridgehead atoms. The number of fused-ring (bicyclic) bond motifs is 1. The molecule has 1 aromatic carbocycles. The first-order valence-electron chi connectivity index (χ1n) is 9.04. The third kappa shape index (κ3) is 4.00. The number of amides is 1. The molecule has 29 heavy (non-hydrogen) atoms. The van der Waals surface area contributed by atoms with Crippen molar-refractivity contribution >= 4 is 39.0 Å². The van der Waals surface area contributed by atoms with Gasteiger partial charge in [0, 0.05) is 16.7 Å². The summed E-state index contributed by atoms with van der Waals surface area (Å²) in [6, 6.07) is 6.69. The normalized spacial score (nSPS) is 10.9. The van der Waals surface area contributed by atoms with Gasteiger partial charge in [-0.1, -0.05) is 13.8 Å². The predicted molar refractivity (Wildman–Crippen MR) is 111 cm³/mol. The molecule has 152 valence electrons. The molecule has 8 nitrogen and oxygen atoms in total. The summed E-state index contributed by atoms with van der Waals surface area (Å²) in [6.07, 6.45) is 0. The van der Waals surface area contributed by atoms with Crippen LogP contribution in [0.1, 0.15) is 31.3 Å². The van der Waals surface area contributed by atoms with Crippen LogP contribution >= 0.6 is 11.3 Å². The molecule has 0 saturated carbocycles. The fourth-order valence-electron chi connectivity index (χ4n) is 2.65. The number of aromatic nitrogens is 2. The summed E-state index contributed by atoms with van der Waals surface area (Å²) in [7, 11) is 1.54. The van der Waals surface area contributed by atoms with Crippen molar-refractivity contribution in [3.8, 4) is 11.4 Å². The van der Waals surface area contributed by atoms with Crippen LogP contribution in [0.25, 0.3) is 16.5 Å². The summed E-state index contributed by atoms with van der Waals surface area (Å²) in [4.78, 5) is 37.9. The van der Waals surface area contributed by atoms with Crippen molar-refractivity contribution in [3.63, 3.8) is 0 Å². The number of nitrogens with one attached hydrogen (secondary N) is 1. The van der Waals surface area contributed by atoms with Crippen LogP contribution in [0.2, 0.25) is 0 Å². The van der Waals surface area contributed by atoms with Gasteiger partial charge >= 0.3 is 5.97 Å². The third-order valence-corrected chi connectivity index (χ3v) is 5.09. The lowest BCUT2D eigenvalue weighted by Gasteiger charge is -2.11. The van der Waals surface area contributed by atoms with Gasteiger partial charge in [-0.3, -0.25) is 9.59 Å². The van der Waals surface area contributed by atoms with E-state index in [4.69, 9.17) is 9.47 Å². The van der Waals surface area contributed by atoms with Crippen molar-refractivity contribution in [2.45, 2.75) is 20.8 Å². The topological polar surface area (TPSA) is 99.5 Å². The Morgan fingerprint density at radius 3 is 2.52 bits per heavy atom. The maximum atomic E-state index is 13.2. The van der Waals surface area contributed by atoms with E-state index in [1.807, 2.05) is 0 Å². The van der Waals surface area contributed by atoms with Crippen LogP contribution in [-0.4, -0.2) is 35.4 Å². The molecule has 9 heteroatoms. The average Bonchev–Trinajstić information content (AvgIpc) is 3.12. The Morgan fingerprint density at radius 2 is 1.93 bits per heavy atom. The molecule has 0 aliphatic heterocycles. The summed E-state index contributed by atoms with van der Waals surface area (Å²) in [5.41, 5.74) is 0.0210. The highest BCUT2D eigenvalue weighted by molar-refractivity contribution is 7.16. The van der Waals surface area contributed by atoms with Gasteiger partial charge < -0.3 is 14.8 Å². The number of hydrogen-bond donors (Lipinski definition) is 1. The molecule has 3 aromatic rings. The average molecular weight is 415 g/mol. The lowest BCUT2D eigenvalue weighted by atomic mass is 10.2. The Kier molecular flexibility index (Phi) is 5.97. The first-order valence-corrected chi connectivity index (χ1v) is 9.92. The van der Waals surface area contributed by atoms with Crippen molar-refractivity contribution in [2.24, 2.45) is 5.92 Å². The van der Waals surface area contributed by atoms with Gasteiger partial charge in [0.15, 0.2) is 5.69 Å². The second-order valence-electron chi connectivity index (χ2n) is 6.48. The highest BCUT2D eigenvalue weighted by Gasteiger charge is 2.23. The Labute approximate surface area is 171 Å². The van der Waals surface area contributed by atoms with E-state index in [1.165, 1.54) is 11.3 Å². The van der Waals surface area contributed by atoms with E-state index in [-0.39, 0.29) is 29.5 Å². The van der Waals surface area contributed by atoms with Crippen molar-refractivity contribution in [2.75, 3.05) is 19.0 Å². The van der Waals surface area contributed by atoms with Crippen LogP contribution in [0.3, 0.4) is 0 Å². The van der Waals surface area contributed by atoms with Crippen LogP contribution in [0.4, 0.5) is 5.00 Å². The number of rotatable bonds is 6. The zero-order valence-electron chi connectivity index (χ0n) is 16.5. The number of hydrogen-bond acceptors (Lipinski definition) is 7. The summed E-state index contributed by atoms with van der Waals surface area (Å²) in [6.45, 7) is 5.37. The smallest absolute Gasteiger partial charge is 0.359 e. The molecular formula is C20H21N3O5S. The lowest BCUT2D eigenvalue weighted by molar-refractivity contribution is -0.118. The van der Waals surface area contributed by atoms with Crippen molar-refractivity contribution < 1.29 is 19.1 Å². The summed E-state index contributed by atoms with van der Waals surface area (Å²) >= 11 is 1.17. The van der Waals surface area contributed by atoms with Crippen LogP contribution in [0.15, 0.2) is 34.4 Å². The van der Waals surface area contributed by atoms with Crippen molar-refractivity contribution in [1.82, 2.24) is 9.78 Å². The van der Waals surface area contributed by atoms with E-state index in [0.717, 1.165) is 4.68 Å².